The quantitative estimate of drug-likeness (QED) is 0.730. The highest BCUT2D eigenvalue weighted by Gasteiger charge is 2.31. The third-order valence-corrected chi connectivity index (χ3v) is 4.74. The Kier molecular flexibility index (Phi) is 3.79. The number of nitrogens with zero attached hydrogens (tertiary/aromatic N) is 4. The molecule has 0 N–H and O–H groups in total. The summed E-state index contributed by atoms with van der Waals surface area (Å²) >= 11 is 6.05. The number of aromatic nitrogens is 3. The second-order valence-electron chi connectivity index (χ2n) is 6.42. The van der Waals surface area contributed by atoms with E-state index in [1.165, 1.54) is 12.0 Å². The highest BCUT2D eigenvalue weighted by molar-refractivity contribution is 6.30. The van der Waals surface area contributed by atoms with Crippen molar-refractivity contribution >= 4 is 17.2 Å². The molecule has 0 radical (unpaired) electrons. The predicted octanol–water partition coefficient (Wildman–Crippen LogP) is 3.97. The van der Waals surface area contributed by atoms with E-state index in [4.69, 9.17) is 16.6 Å². The first-order valence-electron chi connectivity index (χ1n) is 7.96. The van der Waals surface area contributed by atoms with Crippen LogP contribution >= 0.6 is 11.6 Å². The van der Waals surface area contributed by atoms with Crippen LogP contribution in [0.5, 0.6) is 0 Å². The van der Waals surface area contributed by atoms with E-state index in [1.807, 2.05) is 41.2 Å². The van der Waals surface area contributed by atoms with Crippen molar-refractivity contribution < 1.29 is 0 Å². The first-order valence-corrected chi connectivity index (χ1v) is 8.34. The predicted molar refractivity (Wildman–Crippen MR) is 91.4 cm³/mol. The van der Waals surface area contributed by atoms with Crippen molar-refractivity contribution in [2.75, 3.05) is 6.54 Å². The van der Waals surface area contributed by atoms with Crippen LogP contribution in [-0.2, 0) is 6.54 Å². The van der Waals surface area contributed by atoms with Gasteiger partial charge in [0.15, 0.2) is 0 Å². The van der Waals surface area contributed by atoms with Gasteiger partial charge in [0.25, 0.3) is 0 Å². The van der Waals surface area contributed by atoms with Crippen LogP contribution < -0.4 is 0 Å². The molecule has 1 fully saturated rings. The molecule has 3 aromatic heterocycles. The summed E-state index contributed by atoms with van der Waals surface area (Å²) < 4.78 is 2.00. The van der Waals surface area contributed by atoms with Gasteiger partial charge in [-0.1, -0.05) is 24.6 Å². The van der Waals surface area contributed by atoms with E-state index in [9.17, 15) is 0 Å². The minimum atomic E-state index is 0.423. The Labute approximate surface area is 140 Å². The SMILES string of the molecule is C[C@H]1C[C@@H](c2cccnc2)N(Cc2cn3cc(Cl)ccc3n2)C1. The first kappa shape index (κ1) is 14.7. The largest absolute Gasteiger partial charge is 0.305 e. The number of rotatable bonds is 3. The lowest BCUT2D eigenvalue weighted by Gasteiger charge is -2.23. The van der Waals surface area contributed by atoms with Gasteiger partial charge >= 0.3 is 0 Å². The third kappa shape index (κ3) is 2.96. The number of fused-ring (bicyclic) bond motifs is 1. The minimum absolute atomic E-state index is 0.423. The van der Waals surface area contributed by atoms with Gasteiger partial charge in [-0.2, -0.15) is 0 Å². The van der Waals surface area contributed by atoms with Crippen LogP contribution in [0.15, 0.2) is 49.1 Å². The molecule has 0 unspecified atom stereocenters. The highest BCUT2D eigenvalue weighted by atomic mass is 35.5. The van der Waals surface area contributed by atoms with Gasteiger partial charge in [-0.25, -0.2) is 4.98 Å². The summed E-state index contributed by atoms with van der Waals surface area (Å²) in [5.74, 6) is 0.687. The van der Waals surface area contributed by atoms with Crippen molar-refractivity contribution in [1.29, 1.82) is 0 Å². The summed E-state index contributed by atoms with van der Waals surface area (Å²) in [5, 5.41) is 0.726. The topological polar surface area (TPSA) is 33.4 Å². The fourth-order valence-electron chi connectivity index (χ4n) is 3.53. The Balaban J connectivity index is 1.60. The molecular formula is C18H19ClN4. The standard InChI is InChI=1S/C18H19ClN4/c1-13-7-17(14-3-2-6-20-8-14)22(9-13)11-16-12-23-10-15(19)4-5-18(23)21-16/h2-6,8,10,12-13,17H,7,9,11H2,1H3/t13-,17-/m0/s1. The number of likely N-dealkylation sites (tertiary alicyclic amines) is 1. The molecule has 0 amide bonds. The average Bonchev–Trinajstić information content (AvgIpc) is 3.10. The number of imidazole rings is 1. The molecule has 4 rings (SSSR count). The zero-order valence-electron chi connectivity index (χ0n) is 13.1. The summed E-state index contributed by atoms with van der Waals surface area (Å²) in [7, 11) is 0. The van der Waals surface area contributed by atoms with Crippen molar-refractivity contribution in [3.05, 3.63) is 65.3 Å². The summed E-state index contributed by atoms with van der Waals surface area (Å²) in [5.41, 5.74) is 3.31. The monoisotopic (exact) mass is 326 g/mol. The van der Waals surface area contributed by atoms with Crippen LogP contribution in [0.4, 0.5) is 0 Å². The molecule has 0 saturated carbocycles. The van der Waals surface area contributed by atoms with E-state index >= 15 is 0 Å². The smallest absolute Gasteiger partial charge is 0.137 e. The molecular weight excluding hydrogens is 308 g/mol. The Morgan fingerprint density at radius 2 is 2.17 bits per heavy atom. The van der Waals surface area contributed by atoms with Gasteiger partial charge in [-0.3, -0.25) is 9.88 Å². The molecule has 1 aliphatic heterocycles. The van der Waals surface area contributed by atoms with Gasteiger partial charge in [0.2, 0.25) is 0 Å². The maximum Gasteiger partial charge on any atom is 0.137 e. The van der Waals surface area contributed by atoms with Crippen molar-refractivity contribution in [3.63, 3.8) is 0 Å². The number of pyridine rings is 2. The molecule has 4 nitrogen and oxygen atoms in total. The zero-order valence-corrected chi connectivity index (χ0v) is 13.8. The molecule has 5 heteroatoms. The van der Waals surface area contributed by atoms with E-state index in [0.29, 0.717) is 12.0 Å². The molecule has 1 saturated heterocycles. The van der Waals surface area contributed by atoms with Gasteiger partial charge in [0.05, 0.1) is 10.7 Å². The molecule has 118 valence electrons. The number of hydrogen-bond acceptors (Lipinski definition) is 3. The Morgan fingerprint density at radius 1 is 1.26 bits per heavy atom. The lowest BCUT2D eigenvalue weighted by atomic mass is 10.0. The van der Waals surface area contributed by atoms with Crippen molar-refractivity contribution in [3.8, 4) is 0 Å². The van der Waals surface area contributed by atoms with E-state index in [2.05, 4.69) is 29.1 Å². The van der Waals surface area contributed by atoms with Crippen molar-refractivity contribution in [2.24, 2.45) is 5.92 Å². The summed E-state index contributed by atoms with van der Waals surface area (Å²) in [4.78, 5) is 11.5. The van der Waals surface area contributed by atoms with Crippen LogP contribution in [0.3, 0.4) is 0 Å². The van der Waals surface area contributed by atoms with Gasteiger partial charge in [-0.05, 0) is 36.1 Å². The molecule has 0 aromatic carbocycles. The third-order valence-electron chi connectivity index (χ3n) is 4.51. The van der Waals surface area contributed by atoms with Crippen LogP contribution in [-0.4, -0.2) is 25.8 Å². The second kappa shape index (κ2) is 5.95. The maximum absolute atomic E-state index is 6.05. The summed E-state index contributed by atoms with van der Waals surface area (Å²) in [6.45, 7) is 4.25. The average molecular weight is 327 g/mol. The molecule has 4 heterocycles. The second-order valence-corrected chi connectivity index (χ2v) is 6.85. The van der Waals surface area contributed by atoms with Crippen LogP contribution in [0, 0.1) is 5.92 Å². The fraction of sp³-hybridized carbons (Fsp3) is 0.333. The molecule has 23 heavy (non-hydrogen) atoms. The number of hydrogen-bond donors (Lipinski definition) is 0. The lowest BCUT2D eigenvalue weighted by molar-refractivity contribution is 0.242. The maximum atomic E-state index is 6.05. The van der Waals surface area contributed by atoms with Crippen molar-refractivity contribution in [1.82, 2.24) is 19.3 Å². The van der Waals surface area contributed by atoms with Crippen LogP contribution in [0.2, 0.25) is 5.02 Å². The van der Waals surface area contributed by atoms with Crippen LogP contribution in [0.25, 0.3) is 5.65 Å². The molecule has 0 spiro atoms. The zero-order chi connectivity index (χ0) is 15.8. The molecule has 1 aliphatic rings. The summed E-state index contributed by atoms with van der Waals surface area (Å²) in [6, 6.07) is 8.45. The van der Waals surface area contributed by atoms with Crippen LogP contribution in [0.1, 0.15) is 30.6 Å². The molecule has 2 atom stereocenters. The van der Waals surface area contributed by atoms with Gasteiger partial charge in [-0.15, -0.1) is 0 Å². The van der Waals surface area contributed by atoms with E-state index in [-0.39, 0.29) is 0 Å². The number of halogens is 1. The Morgan fingerprint density at radius 3 is 3.00 bits per heavy atom. The van der Waals surface area contributed by atoms with Gasteiger partial charge < -0.3 is 4.40 Å². The molecule has 3 aromatic rings. The van der Waals surface area contributed by atoms with E-state index in [1.54, 1.807) is 0 Å². The van der Waals surface area contributed by atoms with Gasteiger partial charge in [0, 0.05) is 43.9 Å². The molecule has 0 aliphatic carbocycles. The van der Waals surface area contributed by atoms with E-state index in [0.717, 1.165) is 29.5 Å². The normalized spacial score (nSPS) is 22.0. The Bertz CT molecular complexity index is 814. The summed E-state index contributed by atoms with van der Waals surface area (Å²) in [6.07, 6.45) is 8.96. The Hall–Kier alpha value is -1.91. The molecule has 0 bridgehead atoms. The fourth-order valence-corrected chi connectivity index (χ4v) is 3.70. The minimum Gasteiger partial charge on any atom is -0.305 e. The highest BCUT2D eigenvalue weighted by Crippen LogP contribution is 2.35. The first-order chi connectivity index (χ1) is 11.2. The van der Waals surface area contributed by atoms with E-state index < -0.39 is 0 Å². The van der Waals surface area contributed by atoms with Gasteiger partial charge in [0.1, 0.15) is 5.65 Å². The lowest BCUT2D eigenvalue weighted by Crippen LogP contribution is -2.23. The van der Waals surface area contributed by atoms with Crippen molar-refractivity contribution in [2.45, 2.75) is 25.9 Å².